The van der Waals surface area contributed by atoms with Crippen molar-refractivity contribution in [3.8, 4) is 0 Å². The van der Waals surface area contributed by atoms with E-state index in [0.29, 0.717) is 23.5 Å². The van der Waals surface area contributed by atoms with Gasteiger partial charge in [-0.3, -0.25) is 4.79 Å². The van der Waals surface area contributed by atoms with E-state index in [1.165, 1.54) is 0 Å². The largest absolute Gasteiger partial charge is 0.299 e. The maximum Gasteiger partial charge on any atom is 0.136 e. The van der Waals surface area contributed by atoms with Crippen LogP contribution in [-0.2, 0) is 4.79 Å². The molecule has 1 aliphatic rings. The van der Waals surface area contributed by atoms with E-state index in [9.17, 15) is 4.79 Å². The van der Waals surface area contributed by atoms with Crippen molar-refractivity contribution in [1.29, 1.82) is 0 Å². The Morgan fingerprint density at radius 1 is 1.00 bits per heavy atom. The third-order valence-electron chi connectivity index (χ3n) is 2.72. The van der Waals surface area contributed by atoms with Gasteiger partial charge in [-0.15, -0.1) is 0 Å². The minimum atomic E-state index is 0.319. The van der Waals surface area contributed by atoms with Crippen LogP contribution in [0.25, 0.3) is 0 Å². The molecule has 0 aliphatic heterocycles. The lowest BCUT2D eigenvalue weighted by atomic mass is 9.94. The van der Waals surface area contributed by atoms with Gasteiger partial charge in [-0.1, -0.05) is 48.5 Å². The fraction of sp³-hybridized carbons (Fsp3) is 0.917. The molecular formula is C12H26O. The van der Waals surface area contributed by atoms with E-state index in [4.69, 9.17) is 0 Å². The van der Waals surface area contributed by atoms with E-state index in [2.05, 4.69) is 13.8 Å². The van der Waals surface area contributed by atoms with Crippen molar-refractivity contribution < 1.29 is 4.79 Å². The number of Topliss-reactive ketones (excluding diaryl/α,β-unsaturated/α-hetero) is 1. The molecule has 0 aromatic rings. The van der Waals surface area contributed by atoms with Gasteiger partial charge in [0.05, 0.1) is 0 Å². The molecule has 1 nitrogen and oxygen atoms in total. The minimum Gasteiger partial charge on any atom is -0.299 e. The van der Waals surface area contributed by atoms with E-state index in [-0.39, 0.29) is 0 Å². The fourth-order valence-electron chi connectivity index (χ4n) is 1.48. The molecule has 13 heavy (non-hydrogen) atoms. The molecule has 3 unspecified atom stereocenters. The molecule has 0 saturated heterocycles. The quantitative estimate of drug-likeness (QED) is 0.560. The summed E-state index contributed by atoms with van der Waals surface area (Å²) >= 11 is 0. The zero-order valence-electron chi connectivity index (χ0n) is 10.3. The highest BCUT2D eigenvalue weighted by atomic mass is 16.1. The van der Waals surface area contributed by atoms with E-state index in [0.717, 1.165) is 6.42 Å². The molecule has 1 saturated carbocycles. The first-order valence-electron chi connectivity index (χ1n) is 5.65. The Kier molecular flexibility index (Phi) is 9.65. The average molecular weight is 186 g/mol. The van der Waals surface area contributed by atoms with Crippen LogP contribution in [0.3, 0.4) is 0 Å². The monoisotopic (exact) mass is 186 g/mol. The van der Waals surface area contributed by atoms with Gasteiger partial charge in [-0.25, -0.2) is 0 Å². The standard InChI is InChI=1S/C8H14O.2C2H6/c1-5-4-8(9)7(3)6(5)2;2*1-2/h5-7H,4H2,1-3H3;2*1-2H3. The van der Waals surface area contributed by atoms with Gasteiger partial charge in [0.1, 0.15) is 5.78 Å². The van der Waals surface area contributed by atoms with Gasteiger partial charge in [-0.05, 0) is 11.8 Å². The summed E-state index contributed by atoms with van der Waals surface area (Å²) in [7, 11) is 0. The highest BCUT2D eigenvalue weighted by Crippen LogP contribution is 2.32. The molecule has 0 N–H and O–H groups in total. The molecule has 1 aliphatic carbocycles. The van der Waals surface area contributed by atoms with Crippen LogP contribution in [-0.4, -0.2) is 5.78 Å². The van der Waals surface area contributed by atoms with Gasteiger partial charge < -0.3 is 0 Å². The Morgan fingerprint density at radius 2 is 1.38 bits per heavy atom. The van der Waals surface area contributed by atoms with E-state index in [1.807, 2.05) is 34.6 Å². The van der Waals surface area contributed by atoms with Gasteiger partial charge in [0.2, 0.25) is 0 Å². The van der Waals surface area contributed by atoms with Crippen LogP contribution in [0.4, 0.5) is 0 Å². The van der Waals surface area contributed by atoms with Gasteiger partial charge in [0.15, 0.2) is 0 Å². The first kappa shape index (κ1) is 15.2. The average Bonchev–Trinajstić information content (AvgIpc) is 2.40. The third-order valence-corrected chi connectivity index (χ3v) is 2.72. The maximum absolute atomic E-state index is 11.0. The first-order valence-corrected chi connectivity index (χ1v) is 5.65. The van der Waals surface area contributed by atoms with Crippen LogP contribution >= 0.6 is 0 Å². The zero-order valence-corrected chi connectivity index (χ0v) is 10.3. The van der Waals surface area contributed by atoms with Crippen molar-refractivity contribution >= 4 is 5.78 Å². The van der Waals surface area contributed by atoms with Crippen molar-refractivity contribution in [3.05, 3.63) is 0 Å². The summed E-state index contributed by atoms with van der Waals surface area (Å²) in [5.41, 5.74) is 0. The predicted molar refractivity (Wildman–Crippen MR) is 59.8 cm³/mol. The van der Waals surface area contributed by atoms with Crippen molar-refractivity contribution in [2.24, 2.45) is 17.8 Å². The Balaban J connectivity index is 0. The summed E-state index contributed by atoms with van der Waals surface area (Å²) < 4.78 is 0. The van der Waals surface area contributed by atoms with Crippen LogP contribution < -0.4 is 0 Å². The minimum absolute atomic E-state index is 0.319. The number of carbonyl (C=O) groups excluding carboxylic acids is 1. The molecule has 1 rings (SSSR count). The smallest absolute Gasteiger partial charge is 0.136 e. The summed E-state index contributed by atoms with van der Waals surface area (Å²) in [6.07, 6.45) is 0.808. The molecule has 3 atom stereocenters. The summed E-state index contributed by atoms with van der Waals surface area (Å²) in [6.45, 7) is 14.4. The lowest BCUT2D eigenvalue weighted by Crippen LogP contribution is -2.08. The van der Waals surface area contributed by atoms with E-state index >= 15 is 0 Å². The molecule has 0 bridgehead atoms. The number of rotatable bonds is 0. The van der Waals surface area contributed by atoms with Gasteiger partial charge in [0, 0.05) is 12.3 Å². The summed E-state index contributed by atoms with van der Waals surface area (Å²) in [4.78, 5) is 11.0. The van der Waals surface area contributed by atoms with E-state index in [1.54, 1.807) is 0 Å². The Morgan fingerprint density at radius 3 is 1.46 bits per heavy atom. The Labute approximate surface area is 83.9 Å². The molecule has 1 heteroatoms. The molecule has 80 valence electrons. The highest BCUT2D eigenvalue weighted by molar-refractivity contribution is 5.83. The van der Waals surface area contributed by atoms with Crippen LogP contribution in [0.1, 0.15) is 54.9 Å². The first-order chi connectivity index (χ1) is 6.13. The highest BCUT2D eigenvalue weighted by Gasteiger charge is 2.33. The molecule has 0 heterocycles. The van der Waals surface area contributed by atoms with Crippen LogP contribution in [0.5, 0.6) is 0 Å². The predicted octanol–water partition coefficient (Wildman–Crippen LogP) is 3.92. The summed E-state index contributed by atoms with van der Waals surface area (Å²) in [6, 6.07) is 0. The third kappa shape index (κ3) is 4.44. The Bertz CT molecular complexity index is 129. The zero-order chi connectivity index (χ0) is 11.0. The second kappa shape index (κ2) is 8.28. The number of hydrogen-bond acceptors (Lipinski definition) is 1. The van der Waals surface area contributed by atoms with Crippen molar-refractivity contribution in [2.45, 2.75) is 54.9 Å². The number of ketones is 1. The van der Waals surface area contributed by atoms with Crippen molar-refractivity contribution in [1.82, 2.24) is 0 Å². The second-order valence-corrected chi connectivity index (χ2v) is 3.30. The molecule has 0 spiro atoms. The lowest BCUT2D eigenvalue weighted by Gasteiger charge is -2.10. The maximum atomic E-state index is 11.0. The SMILES string of the molecule is CC.CC.CC1CC(=O)C(C)C1C. The molecule has 0 aromatic heterocycles. The second-order valence-electron chi connectivity index (χ2n) is 3.30. The molecule has 0 amide bonds. The van der Waals surface area contributed by atoms with Crippen LogP contribution in [0.2, 0.25) is 0 Å². The normalized spacial score (nSPS) is 31.3. The van der Waals surface area contributed by atoms with Gasteiger partial charge in [-0.2, -0.15) is 0 Å². The number of carbonyl (C=O) groups is 1. The van der Waals surface area contributed by atoms with Crippen molar-refractivity contribution in [2.75, 3.05) is 0 Å². The summed E-state index contributed by atoms with van der Waals surface area (Å²) in [5, 5.41) is 0. The van der Waals surface area contributed by atoms with Crippen molar-refractivity contribution in [3.63, 3.8) is 0 Å². The van der Waals surface area contributed by atoms with Crippen LogP contribution in [0, 0.1) is 17.8 Å². The van der Waals surface area contributed by atoms with E-state index < -0.39 is 0 Å². The molecule has 0 radical (unpaired) electrons. The molecular weight excluding hydrogens is 160 g/mol. The lowest BCUT2D eigenvalue weighted by molar-refractivity contribution is -0.120. The molecule has 0 aromatic carbocycles. The Hall–Kier alpha value is -0.330. The molecule has 1 fully saturated rings. The number of hydrogen-bond donors (Lipinski definition) is 0. The fourth-order valence-corrected chi connectivity index (χ4v) is 1.48. The summed E-state index contributed by atoms with van der Waals surface area (Å²) in [5.74, 6) is 2.00. The van der Waals surface area contributed by atoms with Crippen LogP contribution in [0.15, 0.2) is 0 Å². The topological polar surface area (TPSA) is 17.1 Å². The van der Waals surface area contributed by atoms with Gasteiger partial charge in [0.25, 0.3) is 0 Å². The van der Waals surface area contributed by atoms with Gasteiger partial charge >= 0.3 is 0 Å².